The SMILES string of the molecule is CNC(=O)C1CCN(CC(=O)NC2CC2)CC1. The Morgan fingerprint density at radius 2 is 1.82 bits per heavy atom. The number of nitrogens with one attached hydrogen (secondary N) is 2. The van der Waals surface area contributed by atoms with Crippen molar-refractivity contribution in [2.45, 2.75) is 31.7 Å². The number of hydrogen-bond acceptors (Lipinski definition) is 3. The molecule has 2 rings (SSSR count). The smallest absolute Gasteiger partial charge is 0.234 e. The van der Waals surface area contributed by atoms with Crippen LogP contribution in [0.2, 0.25) is 0 Å². The van der Waals surface area contributed by atoms with Crippen molar-refractivity contribution in [3.63, 3.8) is 0 Å². The van der Waals surface area contributed by atoms with Crippen LogP contribution in [-0.2, 0) is 9.59 Å². The van der Waals surface area contributed by atoms with Crippen molar-refractivity contribution in [1.29, 1.82) is 0 Å². The van der Waals surface area contributed by atoms with Gasteiger partial charge in [-0.15, -0.1) is 0 Å². The van der Waals surface area contributed by atoms with Gasteiger partial charge in [0.2, 0.25) is 11.8 Å². The molecule has 1 aliphatic carbocycles. The Balaban J connectivity index is 1.67. The molecule has 1 saturated carbocycles. The summed E-state index contributed by atoms with van der Waals surface area (Å²) in [6.07, 6.45) is 3.97. The average molecular weight is 239 g/mol. The molecule has 0 spiro atoms. The van der Waals surface area contributed by atoms with E-state index in [1.54, 1.807) is 7.05 Å². The number of rotatable bonds is 4. The Hall–Kier alpha value is -1.10. The van der Waals surface area contributed by atoms with Crippen LogP contribution in [0.4, 0.5) is 0 Å². The van der Waals surface area contributed by atoms with Crippen LogP contribution < -0.4 is 10.6 Å². The Morgan fingerprint density at radius 3 is 2.35 bits per heavy atom. The summed E-state index contributed by atoms with van der Waals surface area (Å²) in [5.74, 6) is 0.390. The quantitative estimate of drug-likeness (QED) is 0.709. The predicted molar refractivity (Wildman–Crippen MR) is 64.4 cm³/mol. The van der Waals surface area contributed by atoms with Crippen molar-refractivity contribution < 1.29 is 9.59 Å². The van der Waals surface area contributed by atoms with E-state index < -0.39 is 0 Å². The van der Waals surface area contributed by atoms with Gasteiger partial charge in [0.05, 0.1) is 6.54 Å². The lowest BCUT2D eigenvalue weighted by molar-refractivity contribution is -0.126. The van der Waals surface area contributed by atoms with E-state index in [2.05, 4.69) is 15.5 Å². The highest BCUT2D eigenvalue weighted by atomic mass is 16.2. The van der Waals surface area contributed by atoms with Gasteiger partial charge in [0.15, 0.2) is 0 Å². The van der Waals surface area contributed by atoms with E-state index in [1.807, 2.05) is 0 Å². The first-order valence-corrected chi connectivity index (χ1v) is 6.42. The minimum Gasteiger partial charge on any atom is -0.359 e. The second-order valence-corrected chi connectivity index (χ2v) is 5.01. The highest BCUT2D eigenvalue weighted by Gasteiger charge is 2.27. The summed E-state index contributed by atoms with van der Waals surface area (Å²) in [5.41, 5.74) is 0. The van der Waals surface area contributed by atoms with E-state index in [0.717, 1.165) is 38.8 Å². The molecule has 2 fully saturated rings. The van der Waals surface area contributed by atoms with Gasteiger partial charge in [0, 0.05) is 19.0 Å². The van der Waals surface area contributed by atoms with Crippen LogP contribution in [0.25, 0.3) is 0 Å². The molecule has 0 aromatic carbocycles. The number of hydrogen-bond donors (Lipinski definition) is 2. The number of carbonyl (C=O) groups excluding carboxylic acids is 2. The molecule has 5 heteroatoms. The maximum atomic E-state index is 11.6. The predicted octanol–water partition coefficient (Wildman–Crippen LogP) is -0.277. The third-order valence-corrected chi connectivity index (χ3v) is 3.51. The lowest BCUT2D eigenvalue weighted by Gasteiger charge is -2.30. The molecule has 0 unspecified atom stereocenters. The highest BCUT2D eigenvalue weighted by molar-refractivity contribution is 5.79. The van der Waals surface area contributed by atoms with Gasteiger partial charge in [-0.25, -0.2) is 0 Å². The topological polar surface area (TPSA) is 61.4 Å². The first-order chi connectivity index (χ1) is 8.19. The van der Waals surface area contributed by atoms with Gasteiger partial charge in [-0.2, -0.15) is 0 Å². The lowest BCUT2D eigenvalue weighted by atomic mass is 9.96. The Labute approximate surface area is 102 Å². The van der Waals surface area contributed by atoms with E-state index in [4.69, 9.17) is 0 Å². The zero-order valence-corrected chi connectivity index (χ0v) is 10.4. The second-order valence-electron chi connectivity index (χ2n) is 5.01. The molecule has 2 amide bonds. The highest BCUT2D eigenvalue weighted by Crippen LogP contribution is 2.19. The fourth-order valence-corrected chi connectivity index (χ4v) is 2.26. The third kappa shape index (κ3) is 3.70. The zero-order chi connectivity index (χ0) is 12.3. The lowest BCUT2D eigenvalue weighted by Crippen LogP contribution is -2.44. The molecule has 0 radical (unpaired) electrons. The molecule has 1 aliphatic heterocycles. The van der Waals surface area contributed by atoms with Crippen molar-refractivity contribution in [2.75, 3.05) is 26.7 Å². The molecule has 1 heterocycles. The number of likely N-dealkylation sites (tertiary alicyclic amines) is 1. The standard InChI is InChI=1S/C12H21N3O2/c1-13-12(17)9-4-6-15(7-5-9)8-11(16)14-10-2-3-10/h9-10H,2-8H2,1H3,(H,13,17)(H,14,16). The fraction of sp³-hybridized carbons (Fsp3) is 0.833. The number of nitrogens with zero attached hydrogens (tertiary/aromatic N) is 1. The van der Waals surface area contributed by atoms with Gasteiger partial charge in [0.1, 0.15) is 0 Å². The molecule has 5 nitrogen and oxygen atoms in total. The van der Waals surface area contributed by atoms with Crippen molar-refractivity contribution >= 4 is 11.8 Å². The van der Waals surface area contributed by atoms with E-state index in [0.29, 0.717) is 12.6 Å². The van der Waals surface area contributed by atoms with Crippen molar-refractivity contribution in [2.24, 2.45) is 5.92 Å². The largest absolute Gasteiger partial charge is 0.359 e. The van der Waals surface area contributed by atoms with Crippen LogP contribution in [0.3, 0.4) is 0 Å². The second kappa shape index (κ2) is 5.49. The minimum absolute atomic E-state index is 0.128. The summed E-state index contributed by atoms with van der Waals surface area (Å²) in [6.45, 7) is 2.17. The normalized spacial score (nSPS) is 22.2. The molecule has 2 aliphatic rings. The molecule has 0 aromatic heterocycles. The summed E-state index contributed by atoms with van der Waals surface area (Å²) in [4.78, 5) is 25.2. The van der Waals surface area contributed by atoms with E-state index in [9.17, 15) is 9.59 Å². The van der Waals surface area contributed by atoms with Crippen molar-refractivity contribution in [1.82, 2.24) is 15.5 Å². The van der Waals surface area contributed by atoms with Gasteiger partial charge in [-0.3, -0.25) is 14.5 Å². The Bertz CT molecular complexity index is 294. The molecule has 1 saturated heterocycles. The van der Waals surface area contributed by atoms with Gasteiger partial charge >= 0.3 is 0 Å². The molecule has 0 bridgehead atoms. The molecule has 2 N–H and O–H groups in total. The number of carbonyl (C=O) groups is 2. The fourth-order valence-electron chi connectivity index (χ4n) is 2.26. The summed E-state index contributed by atoms with van der Waals surface area (Å²) in [7, 11) is 1.68. The maximum Gasteiger partial charge on any atom is 0.234 e. The number of amides is 2. The van der Waals surface area contributed by atoms with Gasteiger partial charge < -0.3 is 10.6 Å². The molecule has 96 valence electrons. The van der Waals surface area contributed by atoms with Crippen molar-refractivity contribution in [3.8, 4) is 0 Å². The van der Waals surface area contributed by atoms with E-state index in [-0.39, 0.29) is 17.7 Å². The summed E-state index contributed by atoms with van der Waals surface area (Å²) < 4.78 is 0. The first-order valence-electron chi connectivity index (χ1n) is 6.42. The minimum atomic E-state index is 0.128. The summed E-state index contributed by atoms with van der Waals surface area (Å²) in [5, 5.41) is 5.67. The summed E-state index contributed by atoms with van der Waals surface area (Å²) >= 11 is 0. The van der Waals surface area contributed by atoms with Gasteiger partial charge in [-0.05, 0) is 38.8 Å². The zero-order valence-electron chi connectivity index (χ0n) is 10.4. The molecular formula is C12H21N3O2. The van der Waals surface area contributed by atoms with Crippen LogP contribution in [0, 0.1) is 5.92 Å². The molecule has 0 aromatic rings. The number of piperidine rings is 1. The third-order valence-electron chi connectivity index (χ3n) is 3.51. The van der Waals surface area contributed by atoms with Crippen LogP contribution in [0.1, 0.15) is 25.7 Å². The summed E-state index contributed by atoms with van der Waals surface area (Å²) in [6, 6.07) is 0.436. The van der Waals surface area contributed by atoms with Crippen LogP contribution in [-0.4, -0.2) is 49.4 Å². The molecular weight excluding hydrogens is 218 g/mol. The Morgan fingerprint density at radius 1 is 1.18 bits per heavy atom. The van der Waals surface area contributed by atoms with Crippen LogP contribution >= 0.6 is 0 Å². The molecule has 17 heavy (non-hydrogen) atoms. The molecule has 0 atom stereocenters. The maximum absolute atomic E-state index is 11.6. The van der Waals surface area contributed by atoms with Crippen molar-refractivity contribution in [3.05, 3.63) is 0 Å². The first kappa shape index (κ1) is 12.4. The Kier molecular flexibility index (Phi) is 3.99. The van der Waals surface area contributed by atoms with Crippen LogP contribution in [0.5, 0.6) is 0 Å². The van der Waals surface area contributed by atoms with Crippen LogP contribution in [0.15, 0.2) is 0 Å². The van der Waals surface area contributed by atoms with Gasteiger partial charge in [0.25, 0.3) is 0 Å². The van der Waals surface area contributed by atoms with E-state index >= 15 is 0 Å². The monoisotopic (exact) mass is 239 g/mol. The van der Waals surface area contributed by atoms with Gasteiger partial charge in [-0.1, -0.05) is 0 Å². The average Bonchev–Trinajstić information content (AvgIpc) is 3.12. The van der Waals surface area contributed by atoms with E-state index in [1.165, 1.54) is 0 Å².